The second-order valence-corrected chi connectivity index (χ2v) is 13.2. The van der Waals surface area contributed by atoms with E-state index >= 15 is 0 Å². The fourth-order valence-corrected chi connectivity index (χ4v) is 6.04. The number of rotatable bonds is 18. The van der Waals surface area contributed by atoms with Crippen LogP contribution in [0.25, 0.3) is 0 Å². The van der Waals surface area contributed by atoms with Crippen LogP contribution in [-0.4, -0.2) is 134 Å². The summed E-state index contributed by atoms with van der Waals surface area (Å²) in [6.45, 7) is 8.00. The minimum Gasteiger partial charge on any atom is -0.463 e. The van der Waals surface area contributed by atoms with E-state index in [2.05, 4.69) is 0 Å². The van der Waals surface area contributed by atoms with Crippen molar-refractivity contribution in [1.82, 2.24) is 0 Å². The molecule has 20 heteroatoms. The van der Waals surface area contributed by atoms with Crippen molar-refractivity contribution in [3.63, 3.8) is 0 Å². The molecule has 53 heavy (non-hydrogen) atoms. The first-order chi connectivity index (χ1) is 24.9. The van der Waals surface area contributed by atoms with E-state index in [0.29, 0.717) is 25.0 Å². The summed E-state index contributed by atoms with van der Waals surface area (Å²) in [5.41, 5.74) is 0. The first-order valence-corrected chi connectivity index (χ1v) is 17.7. The van der Waals surface area contributed by atoms with Gasteiger partial charge in [-0.25, -0.2) is 0 Å². The summed E-state index contributed by atoms with van der Waals surface area (Å²) in [6, 6.07) is 0. The van der Waals surface area contributed by atoms with Gasteiger partial charge < -0.3 is 52.1 Å². The third-order valence-corrected chi connectivity index (χ3v) is 8.16. The molecule has 2 aliphatic rings. The molecule has 0 aromatic rings. The Morgan fingerprint density at radius 3 is 1.32 bits per heavy atom. The van der Waals surface area contributed by atoms with Gasteiger partial charge in [-0.1, -0.05) is 18.2 Å². The molecule has 19 nitrogen and oxygen atoms in total. The van der Waals surface area contributed by atoms with Gasteiger partial charge in [0.05, 0.1) is 0 Å². The minimum absolute atomic E-state index is 0.0169. The van der Waals surface area contributed by atoms with E-state index in [0.717, 1.165) is 48.5 Å². The van der Waals surface area contributed by atoms with E-state index in [4.69, 9.17) is 52.1 Å². The Kier molecular flexibility index (Phi) is 19.1. The first kappa shape index (κ1) is 45.3. The monoisotopic (exact) mass is 780 g/mol. The maximum Gasteiger partial charge on any atom is 0.303 e. The molecular weight excluding hydrogens is 732 g/mol. The molecule has 2 fully saturated rings. The van der Waals surface area contributed by atoms with Crippen LogP contribution in [0, 0.1) is 0 Å². The summed E-state index contributed by atoms with van der Waals surface area (Å²) >= 11 is 1.18. The van der Waals surface area contributed by atoms with Crippen molar-refractivity contribution >= 4 is 58.7 Å². The van der Waals surface area contributed by atoms with Crippen LogP contribution in [-0.2, 0) is 90.5 Å². The lowest BCUT2D eigenvalue weighted by Crippen LogP contribution is -2.67. The molecule has 2 rings (SSSR count). The maximum atomic E-state index is 12.5. The smallest absolute Gasteiger partial charge is 0.303 e. The highest BCUT2D eigenvalue weighted by Crippen LogP contribution is 2.35. The standard InChI is InChI=1S/C33H48O19S/c1-16(34)43-14-24-26(45-18(3)36)28(47-20(5)38)30(32(50-24)42-12-10-9-11-13-53-23(8)41)52-33-31(49-22(7)40)29(48-21(6)39)27(46-19(4)37)25(51-33)15-44-17(2)35/h24-33H,9-15H2,1-8H3/t24?,25?,26-,27-,28-,29-,30?,31?,32+,33-/m0/s1. The van der Waals surface area contributed by atoms with Gasteiger partial charge in [0.2, 0.25) is 0 Å². The lowest BCUT2D eigenvalue weighted by atomic mass is 9.96. The van der Waals surface area contributed by atoms with Crippen molar-refractivity contribution in [3.05, 3.63) is 0 Å². The highest BCUT2D eigenvalue weighted by atomic mass is 32.2. The molecule has 300 valence electrons. The Balaban J connectivity index is 2.65. The first-order valence-electron chi connectivity index (χ1n) is 16.7. The SMILES string of the molecule is CC(=O)OCC1O[C@@H](OCCCCCSC(C)=O)C(O[C@@H]2OC(COC(C)=O)[C@H](OC(C)=O)[C@H](OC(C)=O)C2OC(C)=O)[C@@H](OC(C)=O)[C@H]1OC(C)=O. The van der Waals surface area contributed by atoms with E-state index in [1.54, 1.807) is 0 Å². The van der Waals surface area contributed by atoms with Crippen LogP contribution in [0.4, 0.5) is 0 Å². The molecule has 0 aromatic carbocycles. The molecule has 0 aliphatic carbocycles. The molecule has 0 radical (unpaired) electrons. The van der Waals surface area contributed by atoms with E-state index in [9.17, 15) is 38.4 Å². The topological polar surface area (TPSA) is 238 Å². The zero-order chi connectivity index (χ0) is 39.8. The van der Waals surface area contributed by atoms with Gasteiger partial charge in [0, 0.05) is 67.7 Å². The van der Waals surface area contributed by atoms with Crippen molar-refractivity contribution in [3.8, 4) is 0 Å². The van der Waals surface area contributed by atoms with E-state index in [1.165, 1.54) is 18.7 Å². The number of carbonyl (C=O) groups is 8. The van der Waals surface area contributed by atoms with Crippen LogP contribution in [0.1, 0.15) is 74.7 Å². The molecule has 4 unspecified atom stereocenters. The van der Waals surface area contributed by atoms with E-state index in [1.807, 2.05) is 0 Å². The van der Waals surface area contributed by atoms with Gasteiger partial charge in [0.1, 0.15) is 25.4 Å². The number of ether oxygens (including phenoxy) is 11. The Hall–Kier alpha value is -3.85. The molecule has 10 atom stereocenters. The molecule has 2 heterocycles. The highest BCUT2D eigenvalue weighted by Gasteiger charge is 2.57. The molecular formula is C33H48O19S. The molecule has 0 spiro atoms. The normalized spacial score (nSPS) is 28.1. The number of carbonyl (C=O) groups excluding carboxylic acids is 8. The summed E-state index contributed by atoms with van der Waals surface area (Å²) < 4.78 is 62.4. The van der Waals surface area contributed by atoms with Crippen LogP contribution in [0.5, 0.6) is 0 Å². The number of esters is 7. The van der Waals surface area contributed by atoms with E-state index < -0.39 is 116 Å². The predicted molar refractivity (Wildman–Crippen MR) is 176 cm³/mol. The lowest BCUT2D eigenvalue weighted by Gasteiger charge is -2.48. The third kappa shape index (κ3) is 16.0. The Labute approximate surface area is 310 Å². The van der Waals surface area contributed by atoms with Gasteiger partial charge in [-0.15, -0.1) is 0 Å². The van der Waals surface area contributed by atoms with Gasteiger partial charge >= 0.3 is 41.8 Å². The Morgan fingerprint density at radius 1 is 0.472 bits per heavy atom. The summed E-state index contributed by atoms with van der Waals surface area (Å²) in [7, 11) is 0. The summed E-state index contributed by atoms with van der Waals surface area (Å²) in [6.07, 6.45) is -13.5. The van der Waals surface area contributed by atoms with Gasteiger partial charge in [-0.05, 0) is 12.8 Å². The summed E-state index contributed by atoms with van der Waals surface area (Å²) in [5.74, 6) is -5.20. The zero-order valence-electron chi connectivity index (χ0n) is 30.9. The molecule has 0 bridgehead atoms. The van der Waals surface area contributed by atoms with Crippen molar-refractivity contribution in [2.24, 2.45) is 0 Å². The van der Waals surface area contributed by atoms with Crippen LogP contribution in [0.2, 0.25) is 0 Å². The number of hydrogen-bond acceptors (Lipinski definition) is 20. The molecule has 2 aliphatic heterocycles. The average Bonchev–Trinajstić information content (AvgIpc) is 3.02. The third-order valence-electron chi connectivity index (χ3n) is 7.26. The van der Waals surface area contributed by atoms with Crippen molar-refractivity contribution < 1.29 is 90.5 Å². The van der Waals surface area contributed by atoms with Crippen molar-refractivity contribution in [1.29, 1.82) is 0 Å². The Bertz CT molecular complexity index is 1300. The second kappa shape index (κ2) is 22.4. The molecule has 2 saturated heterocycles. The molecule has 0 saturated carbocycles. The molecule has 0 aromatic heterocycles. The summed E-state index contributed by atoms with van der Waals surface area (Å²) in [5, 5.41) is -0.0169. The fourth-order valence-electron chi connectivity index (χ4n) is 5.40. The van der Waals surface area contributed by atoms with Gasteiger partial charge in [-0.2, -0.15) is 0 Å². The molecule has 0 amide bonds. The van der Waals surface area contributed by atoms with Crippen molar-refractivity contribution in [2.45, 2.75) is 136 Å². The summed E-state index contributed by atoms with van der Waals surface area (Å²) in [4.78, 5) is 96.6. The number of unbranched alkanes of at least 4 members (excludes halogenated alkanes) is 2. The van der Waals surface area contributed by atoms with E-state index in [-0.39, 0.29) is 11.7 Å². The maximum absolute atomic E-state index is 12.5. The van der Waals surface area contributed by atoms with Crippen LogP contribution < -0.4 is 0 Å². The van der Waals surface area contributed by atoms with Gasteiger partial charge in [-0.3, -0.25) is 38.4 Å². The lowest BCUT2D eigenvalue weighted by molar-refractivity contribution is -0.368. The second-order valence-electron chi connectivity index (χ2n) is 11.9. The minimum atomic E-state index is -1.78. The predicted octanol–water partition coefficient (Wildman–Crippen LogP) is 1.07. The number of hydrogen-bond donors (Lipinski definition) is 0. The Morgan fingerprint density at radius 2 is 0.887 bits per heavy atom. The fraction of sp³-hybridized carbons (Fsp3) is 0.758. The van der Waals surface area contributed by atoms with Crippen LogP contribution in [0.15, 0.2) is 0 Å². The van der Waals surface area contributed by atoms with Gasteiger partial charge in [0.15, 0.2) is 54.3 Å². The van der Waals surface area contributed by atoms with Crippen LogP contribution >= 0.6 is 11.8 Å². The highest BCUT2D eigenvalue weighted by molar-refractivity contribution is 8.13. The molecule has 0 N–H and O–H groups in total. The largest absolute Gasteiger partial charge is 0.463 e. The van der Waals surface area contributed by atoms with Crippen LogP contribution in [0.3, 0.4) is 0 Å². The number of thioether (sulfide) groups is 1. The zero-order valence-corrected chi connectivity index (χ0v) is 31.7. The average molecular weight is 781 g/mol. The quantitative estimate of drug-likeness (QED) is 0.107. The van der Waals surface area contributed by atoms with Gasteiger partial charge in [0.25, 0.3) is 0 Å². The van der Waals surface area contributed by atoms with Crippen molar-refractivity contribution in [2.75, 3.05) is 25.6 Å².